The second kappa shape index (κ2) is 8.72. The first-order chi connectivity index (χ1) is 14.3. The maximum Gasteiger partial charge on any atom is 0.233 e. The summed E-state index contributed by atoms with van der Waals surface area (Å²) in [5.41, 5.74) is 3.44. The van der Waals surface area contributed by atoms with Crippen molar-refractivity contribution in [1.82, 2.24) is 19.4 Å². The fourth-order valence-corrected chi connectivity index (χ4v) is 6.94. The fraction of sp³-hybridized carbons (Fsp3) is 0.524. The molecule has 162 valence electrons. The standard InChI is InChI=1S/C21H28N4O3S2/c1-16-11-17(2)13-19(12-16)25-5-4-22-21(25)29-14-20(26)24-8-6-23(7-9-24)18-3-10-30(27,28)15-18/h4-5,11-13,18H,3,6-10,14-15H2,1-2H3/t18-/m0/s1. The number of hydrogen-bond acceptors (Lipinski definition) is 6. The van der Waals surface area contributed by atoms with Crippen LogP contribution in [0.1, 0.15) is 17.5 Å². The number of nitrogens with zero attached hydrogens (tertiary/aromatic N) is 4. The SMILES string of the molecule is Cc1cc(C)cc(-n2ccnc2SCC(=O)N2CCN([C@H]3CCS(=O)(=O)C3)CC2)c1. The third kappa shape index (κ3) is 4.90. The van der Waals surface area contributed by atoms with E-state index in [2.05, 4.69) is 41.9 Å². The summed E-state index contributed by atoms with van der Waals surface area (Å²) >= 11 is 1.46. The molecule has 7 nitrogen and oxygen atoms in total. The van der Waals surface area contributed by atoms with Crippen molar-refractivity contribution in [3.8, 4) is 5.69 Å². The average molecular weight is 449 g/mol. The number of piperazine rings is 1. The molecule has 2 fully saturated rings. The Bertz CT molecular complexity index is 1010. The number of hydrogen-bond donors (Lipinski definition) is 0. The summed E-state index contributed by atoms with van der Waals surface area (Å²) in [6, 6.07) is 6.48. The van der Waals surface area contributed by atoms with Crippen molar-refractivity contribution >= 4 is 27.5 Å². The van der Waals surface area contributed by atoms with Crippen LogP contribution in [-0.4, -0.2) is 83.2 Å². The highest BCUT2D eigenvalue weighted by Crippen LogP contribution is 2.23. The van der Waals surface area contributed by atoms with E-state index in [0.717, 1.165) is 23.9 Å². The van der Waals surface area contributed by atoms with E-state index in [9.17, 15) is 13.2 Å². The van der Waals surface area contributed by atoms with Crippen molar-refractivity contribution in [1.29, 1.82) is 0 Å². The number of carbonyl (C=O) groups is 1. The fourth-order valence-electron chi connectivity index (χ4n) is 4.30. The highest BCUT2D eigenvalue weighted by molar-refractivity contribution is 7.99. The first-order valence-electron chi connectivity index (χ1n) is 10.3. The quantitative estimate of drug-likeness (QED) is 0.651. The van der Waals surface area contributed by atoms with Crippen LogP contribution in [0.15, 0.2) is 35.7 Å². The number of aromatic nitrogens is 2. The number of carbonyl (C=O) groups excluding carboxylic acids is 1. The largest absolute Gasteiger partial charge is 0.339 e. The first kappa shape index (κ1) is 21.4. The lowest BCUT2D eigenvalue weighted by Crippen LogP contribution is -2.52. The van der Waals surface area contributed by atoms with Crippen molar-refractivity contribution < 1.29 is 13.2 Å². The maximum absolute atomic E-state index is 12.7. The lowest BCUT2D eigenvalue weighted by Gasteiger charge is -2.37. The van der Waals surface area contributed by atoms with Gasteiger partial charge in [-0.15, -0.1) is 0 Å². The van der Waals surface area contributed by atoms with Gasteiger partial charge in [-0.05, 0) is 43.5 Å². The topological polar surface area (TPSA) is 75.5 Å². The molecule has 2 saturated heterocycles. The summed E-state index contributed by atoms with van der Waals surface area (Å²) in [5.74, 6) is 1.01. The molecule has 1 aromatic heterocycles. The zero-order valence-electron chi connectivity index (χ0n) is 17.5. The Morgan fingerprint density at radius 2 is 1.83 bits per heavy atom. The Kier molecular flexibility index (Phi) is 6.22. The summed E-state index contributed by atoms with van der Waals surface area (Å²) in [4.78, 5) is 21.3. The van der Waals surface area contributed by atoms with E-state index in [0.29, 0.717) is 31.0 Å². The zero-order valence-corrected chi connectivity index (χ0v) is 19.1. The summed E-state index contributed by atoms with van der Waals surface area (Å²) < 4.78 is 25.5. The van der Waals surface area contributed by atoms with Crippen LogP contribution in [0.5, 0.6) is 0 Å². The van der Waals surface area contributed by atoms with Gasteiger partial charge in [0.1, 0.15) is 0 Å². The molecule has 0 aliphatic carbocycles. The molecule has 3 heterocycles. The van der Waals surface area contributed by atoms with Gasteiger partial charge in [0.25, 0.3) is 0 Å². The van der Waals surface area contributed by atoms with Crippen molar-refractivity contribution in [2.45, 2.75) is 31.5 Å². The van der Waals surface area contributed by atoms with E-state index in [1.54, 1.807) is 6.20 Å². The summed E-state index contributed by atoms with van der Waals surface area (Å²) in [6.45, 7) is 6.94. The number of thioether (sulfide) groups is 1. The highest BCUT2D eigenvalue weighted by atomic mass is 32.2. The van der Waals surface area contributed by atoms with Gasteiger partial charge >= 0.3 is 0 Å². The third-order valence-corrected chi connectivity index (χ3v) is 8.51. The van der Waals surface area contributed by atoms with Gasteiger partial charge < -0.3 is 4.90 Å². The van der Waals surface area contributed by atoms with Crippen molar-refractivity contribution in [2.75, 3.05) is 43.4 Å². The van der Waals surface area contributed by atoms with Crippen LogP contribution in [0.2, 0.25) is 0 Å². The van der Waals surface area contributed by atoms with Gasteiger partial charge in [-0.2, -0.15) is 0 Å². The normalized spacial score (nSPS) is 21.8. The van der Waals surface area contributed by atoms with E-state index in [1.807, 2.05) is 15.7 Å². The van der Waals surface area contributed by atoms with Crippen LogP contribution in [0.25, 0.3) is 5.69 Å². The second-order valence-electron chi connectivity index (χ2n) is 8.19. The summed E-state index contributed by atoms with van der Waals surface area (Å²) in [7, 11) is -2.88. The number of aryl methyl sites for hydroxylation is 2. The maximum atomic E-state index is 12.7. The Balaban J connectivity index is 1.32. The van der Waals surface area contributed by atoms with Gasteiger partial charge in [0.15, 0.2) is 15.0 Å². The molecule has 1 amide bonds. The van der Waals surface area contributed by atoms with Gasteiger partial charge in [0.2, 0.25) is 5.91 Å². The van der Waals surface area contributed by atoms with Crippen LogP contribution < -0.4 is 0 Å². The van der Waals surface area contributed by atoms with Crippen LogP contribution in [0, 0.1) is 13.8 Å². The van der Waals surface area contributed by atoms with Crippen molar-refractivity contribution in [3.05, 3.63) is 41.7 Å². The number of sulfone groups is 1. The number of imidazole rings is 1. The molecule has 2 aliphatic heterocycles. The molecular weight excluding hydrogens is 420 g/mol. The molecule has 0 N–H and O–H groups in total. The molecule has 9 heteroatoms. The van der Waals surface area contributed by atoms with E-state index in [1.165, 1.54) is 22.9 Å². The molecular formula is C21H28N4O3S2. The van der Waals surface area contributed by atoms with Crippen molar-refractivity contribution in [3.63, 3.8) is 0 Å². The molecule has 0 saturated carbocycles. The second-order valence-corrected chi connectivity index (χ2v) is 11.4. The Morgan fingerprint density at radius 3 is 2.47 bits per heavy atom. The van der Waals surface area contributed by atoms with E-state index in [-0.39, 0.29) is 17.7 Å². The number of amides is 1. The summed E-state index contributed by atoms with van der Waals surface area (Å²) in [6.07, 6.45) is 4.40. The van der Waals surface area contributed by atoms with Gasteiger partial charge in [0.05, 0.1) is 17.3 Å². The average Bonchev–Trinajstić information content (AvgIpc) is 3.31. The third-order valence-electron chi connectivity index (χ3n) is 5.81. The first-order valence-corrected chi connectivity index (χ1v) is 13.1. The predicted molar refractivity (Wildman–Crippen MR) is 119 cm³/mol. The smallest absolute Gasteiger partial charge is 0.233 e. The van der Waals surface area contributed by atoms with E-state index in [4.69, 9.17) is 0 Å². The van der Waals surface area contributed by atoms with Crippen LogP contribution >= 0.6 is 11.8 Å². The molecule has 0 spiro atoms. The molecule has 0 radical (unpaired) electrons. The van der Waals surface area contributed by atoms with Gasteiger partial charge in [-0.3, -0.25) is 14.3 Å². The van der Waals surface area contributed by atoms with Crippen LogP contribution in [0.3, 0.4) is 0 Å². The molecule has 4 rings (SSSR count). The molecule has 30 heavy (non-hydrogen) atoms. The molecule has 1 atom stereocenters. The van der Waals surface area contributed by atoms with Gasteiger partial charge in [0, 0.05) is 50.3 Å². The highest BCUT2D eigenvalue weighted by Gasteiger charge is 2.34. The molecule has 0 bridgehead atoms. The number of benzene rings is 1. The molecule has 1 aromatic carbocycles. The van der Waals surface area contributed by atoms with Gasteiger partial charge in [-0.25, -0.2) is 13.4 Å². The number of rotatable bonds is 5. The molecule has 2 aromatic rings. The Labute approximate surface area is 182 Å². The van der Waals surface area contributed by atoms with Gasteiger partial charge in [-0.1, -0.05) is 17.8 Å². The zero-order chi connectivity index (χ0) is 21.3. The lowest BCUT2D eigenvalue weighted by atomic mass is 10.1. The predicted octanol–water partition coefficient (Wildman–Crippen LogP) is 1.91. The lowest BCUT2D eigenvalue weighted by molar-refractivity contribution is -0.130. The van der Waals surface area contributed by atoms with Crippen LogP contribution in [0.4, 0.5) is 0 Å². The summed E-state index contributed by atoms with van der Waals surface area (Å²) in [5, 5.41) is 0.808. The van der Waals surface area contributed by atoms with Crippen molar-refractivity contribution in [2.24, 2.45) is 0 Å². The molecule has 2 aliphatic rings. The monoisotopic (exact) mass is 448 g/mol. The minimum absolute atomic E-state index is 0.105. The van der Waals surface area contributed by atoms with E-state index < -0.39 is 9.84 Å². The van der Waals surface area contributed by atoms with E-state index >= 15 is 0 Å². The Hall–Kier alpha value is -1.84. The molecule has 0 unspecified atom stereocenters. The minimum atomic E-state index is -2.88. The van der Waals surface area contributed by atoms with Crippen LogP contribution in [-0.2, 0) is 14.6 Å². The Morgan fingerprint density at radius 1 is 1.13 bits per heavy atom. The minimum Gasteiger partial charge on any atom is -0.339 e.